The Morgan fingerprint density at radius 3 is 2.32 bits per heavy atom. The molecule has 2 aromatic rings. The van der Waals surface area contributed by atoms with Gasteiger partial charge in [0.15, 0.2) is 5.17 Å². The van der Waals surface area contributed by atoms with Crippen LogP contribution in [0.15, 0.2) is 52.4 Å². The Labute approximate surface area is 176 Å². The number of hydrogen-bond acceptors (Lipinski definition) is 4. The maximum absolute atomic E-state index is 13.1. The Kier molecular flexibility index (Phi) is 5.62. The van der Waals surface area contributed by atoms with Gasteiger partial charge < -0.3 is 9.80 Å². The van der Waals surface area contributed by atoms with Crippen molar-refractivity contribution in [3.8, 4) is 0 Å². The fraction of sp³-hybridized carbons (Fsp3) is 0.200. The molecule has 0 saturated carbocycles. The molecule has 0 aliphatic carbocycles. The summed E-state index contributed by atoms with van der Waals surface area (Å²) in [6.45, 7) is 3.06. The molecule has 0 N–H and O–H groups in total. The molecule has 0 spiro atoms. The number of rotatable bonds is 2. The summed E-state index contributed by atoms with van der Waals surface area (Å²) < 4.78 is 13.1. The van der Waals surface area contributed by atoms with Crippen LogP contribution in [0.1, 0.15) is 5.56 Å². The van der Waals surface area contributed by atoms with Gasteiger partial charge >= 0.3 is 0 Å². The minimum Gasteiger partial charge on any atom is -0.368 e. The molecule has 0 atom stereocenters. The SMILES string of the molecule is O=C1N=C(N2CCN(c3ccc(F)cc3)CC2)S/C1=C\c1ccc(Cl)c(Cl)c1. The first-order valence-electron chi connectivity index (χ1n) is 8.73. The number of anilines is 1. The number of carbonyl (C=O) groups excluding carboxylic acids is 1. The number of piperazine rings is 1. The molecule has 1 fully saturated rings. The summed E-state index contributed by atoms with van der Waals surface area (Å²) in [7, 11) is 0. The van der Waals surface area contributed by atoms with Crippen molar-refractivity contribution in [2.24, 2.45) is 4.99 Å². The lowest BCUT2D eigenvalue weighted by Crippen LogP contribution is -2.47. The van der Waals surface area contributed by atoms with Gasteiger partial charge in [-0.1, -0.05) is 29.3 Å². The Hall–Kier alpha value is -2.02. The van der Waals surface area contributed by atoms with Crippen molar-refractivity contribution in [2.45, 2.75) is 0 Å². The summed E-state index contributed by atoms with van der Waals surface area (Å²) in [6.07, 6.45) is 1.78. The Bertz CT molecular complexity index is 970. The Morgan fingerprint density at radius 1 is 0.964 bits per heavy atom. The van der Waals surface area contributed by atoms with E-state index in [1.54, 1.807) is 30.3 Å². The highest BCUT2D eigenvalue weighted by atomic mass is 35.5. The minimum absolute atomic E-state index is 0.237. The van der Waals surface area contributed by atoms with Crippen molar-refractivity contribution in [2.75, 3.05) is 31.1 Å². The van der Waals surface area contributed by atoms with E-state index in [4.69, 9.17) is 23.2 Å². The first kappa shape index (κ1) is 19.3. The molecule has 0 unspecified atom stereocenters. The van der Waals surface area contributed by atoms with Crippen LogP contribution in [0.3, 0.4) is 0 Å². The van der Waals surface area contributed by atoms with Gasteiger partial charge in [0.2, 0.25) is 0 Å². The van der Waals surface area contributed by atoms with Crippen LogP contribution in [0.5, 0.6) is 0 Å². The number of amides is 1. The van der Waals surface area contributed by atoms with Crippen molar-refractivity contribution in [1.82, 2.24) is 4.90 Å². The van der Waals surface area contributed by atoms with Crippen molar-refractivity contribution in [1.29, 1.82) is 0 Å². The van der Waals surface area contributed by atoms with E-state index in [0.717, 1.165) is 42.6 Å². The number of amidine groups is 1. The van der Waals surface area contributed by atoms with Crippen LogP contribution < -0.4 is 4.90 Å². The van der Waals surface area contributed by atoms with Crippen molar-refractivity contribution < 1.29 is 9.18 Å². The Balaban J connectivity index is 1.40. The number of halogens is 3. The average Bonchev–Trinajstić information content (AvgIpc) is 3.06. The molecular weight excluding hydrogens is 420 g/mol. The molecule has 1 saturated heterocycles. The molecule has 4 rings (SSSR count). The minimum atomic E-state index is -0.243. The van der Waals surface area contributed by atoms with Gasteiger partial charge in [-0.2, -0.15) is 4.99 Å². The van der Waals surface area contributed by atoms with Crippen LogP contribution in [0.25, 0.3) is 6.08 Å². The van der Waals surface area contributed by atoms with Gasteiger partial charge in [-0.05, 0) is 59.8 Å². The fourth-order valence-corrected chi connectivity index (χ4v) is 4.37. The van der Waals surface area contributed by atoms with E-state index >= 15 is 0 Å². The predicted molar refractivity (Wildman–Crippen MR) is 115 cm³/mol. The van der Waals surface area contributed by atoms with Gasteiger partial charge in [0.1, 0.15) is 5.82 Å². The summed E-state index contributed by atoms with van der Waals surface area (Å²) in [6, 6.07) is 11.8. The topological polar surface area (TPSA) is 35.9 Å². The molecule has 0 aromatic heterocycles. The summed E-state index contributed by atoms with van der Waals surface area (Å²) in [5.41, 5.74) is 1.81. The number of nitrogens with zero attached hydrogens (tertiary/aromatic N) is 3. The van der Waals surface area contributed by atoms with Crippen LogP contribution in [0.2, 0.25) is 10.0 Å². The van der Waals surface area contributed by atoms with E-state index in [9.17, 15) is 9.18 Å². The molecule has 28 heavy (non-hydrogen) atoms. The zero-order valence-corrected chi connectivity index (χ0v) is 17.1. The van der Waals surface area contributed by atoms with Crippen LogP contribution in [-0.2, 0) is 4.79 Å². The molecule has 2 aliphatic rings. The Morgan fingerprint density at radius 2 is 1.64 bits per heavy atom. The molecule has 144 valence electrons. The lowest BCUT2D eigenvalue weighted by molar-refractivity contribution is -0.113. The van der Waals surface area contributed by atoms with Crippen LogP contribution in [0, 0.1) is 5.82 Å². The predicted octanol–water partition coefficient (Wildman–Crippen LogP) is 4.93. The maximum atomic E-state index is 13.1. The second-order valence-corrected chi connectivity index (χ2v) is 8.26. The van der Waals surface area contributed by atoms with Crippen LogP contribution >= 0.6 is 35.0 Å². The van der Waals surface area contributed by atoms with Gasteiger partial charge in [-0.25, -0.2) is 4.39 Å². The van der Waals surface area contributed by atoms with Gasteiger partial charge in [0.25, 0.3) is 5.91 Å². The number of aliphatic imine (C=N–C) groups is 1. The highest BCUT2D eigenvalue weighted by molar-refractivity contribution is 8.18. The summed E-state index contributed by atoms with van der Waals surface area (Å²) in [5.74, 6) is -0.481. The van der Waals surface area contributed by atoms with E-state index in [0.29, 0.717) is 15.0 Å². The van der Waals surface area contributed by atoms with Gasteiger partial charge in [0.05, 0.1) is 15.0 Å². The van der Waals surface area contributed by atoms with E-state index < -0.39 is 0 Å². The lowest BCUT2D eigenvalue weighted by Gasteiger charge is -2.36. The molecular formula is C20H16Cl2FN3OS. The van der Waals surface area contributed by atoms with Crippen molar-refractivity contribution in [3.63, 3.8) is 0 Å². The summed E-state index contributed by atoms with van der Waals surface area (Å²) >= 11 is 13.4. The molecule has 4 nitrogen and oxygen atoms in total. The monoisotopic (exact) mass is 435 g/mol. The molecule has 0 radical (unpaired) electrons. The van der Waals surface area contributed by atoms with Gasteiger partial charge in [0, 0.05) is 31.9 Å². The normalized spacial score (nSPS) is 18.8. The highest BCUT2D eigenvalue weighted by Gasteiger charge is 2.28. The smallest absolute Gasteiger partial charge is 0.286 e. The highest BCUT2D eigenvalue weighted by Crippen LogP contribution is 2.32. The van der Waals surface area contributed by atoms with Gasteiger partial charge in [-0.3, -0.25) is 4.79 Å². The largest absolute Gasteiger partial charge is 0.368 e. The van der Waals surface area contributed by atoms with E-state index in [-0.39, 0.29) is 11.7 Å². The molecule has 8 heteroatoms. The number of benzene rings is 2. The molecule has 2 aliphatic heterocycles. The zero-order chi connectivity index (χ0) is 19.7. The standard InChI is InChI=1S/C20H16Cl2FN3OS/c21-16-6-1-13(11-17(16)22)12-18-19(27)24-20(28-18)26-9-7-25(8-10-26)15-4-2-14(23)3-5-15/h1-6,11-12H,7-10H2/b18-12-. The lowest BCUT2D eigenvalue weighted by atomic mass is 10.2. The quantitative estimate of drug-likeness (QED) is 0.626. The fourth-order valence-electron chi connectivity index (χ4n) is 3.09. The first-order chi connectivity index (χ1) is 13.5. The van der Waals surface area contributed by atoms with Gasteiger partial charge in [-0.15, -0.1) is 0 Å². The van der Waals surface area contributed by atoms with Crippen molar-refractivity contribution >= 4 is 57.8 Å². The van der Waals surface area contributed by atoms with E-state index in [1.807, 2.05) is 6.07 Å². The number of hydrogen-bond donors (Lipinski definition) is 0. The summed E-state index contributed by atoms with van der Waals surface area (Å²) in [5, 5.41) is 1.64. The maximum Gasteiger partial charge on any atom is 0.286 e. The van der Waals surface area contributed by atoms with E-state index in [2.05, 4.69) is 14.8 Å². The average molecular weight is 436 g/mol. The first-order valence-corrected chi connectivity index (χ1v) is 10.3. The second kappa shape index (κ2) is 8.15. The van der Waals surface area contributed by atoms with Crippen LogP contribution in [-0.4, -0.2) is 42.2 Å². The third-order valence-corrected chi connectivity index (χ3v) is 6.38. The third-order valence-electron chi connectivity index (χ3n) is 4.59. The molecule has 0 bridgehead atoms. The number of carbonyl (C=O) groups is 1. The molecule has 2 heterocycles. The second-order valence-electron chi connectivity index (χ2n) is 6.43. The zero-order valence-electron chi connectivity index (χ0n) is 14.7. The number of thioether (sulfide) groups is 1. The van der Waals surface area contributed by atoms with Crippen LogP contribution in [0.4, 0.5) is 10.1 Å². The van der Waals surface area contributed by atoms with Crippen molar-refractivity contribution in [3.05, 3.63) is 68.8 Å². The third kappa shape index (κ3) is 4.19. The summed E-state index contributed by atoms with van der Waals surface area (Å²) in [4.78, 5) is 21.4. The van der Waals surface area contributed by atoms with E-state index in [1.165, 1.54) is 23.9 Å². The molecule has 2 aromatic carbocycles. The molecule has 1 amide bonds.